The van der Waals surface area contributed by atoms with E-state index in [1.807, 2.05) is 0 Å². The zero-order valence-corrected chi connectivity index (χ0v) is 21.6. The second kappa shape index (κ2) is 11.6. The van der Waals surface area contributed by atoms with E-state index >= 15 is 0 Å². The Labute approximate surface area is 222 Å². The van der Waals surface area contributed by atoms with Crippen LogP contribution in [0.1, 0.15) is 30.0 Å². The Morgan fingerprint density at radius 3 is 2.15 bits per heavy atom. The molecule has 39 heavy (non-hydrogen) atoms. The van der Waals surface area contributed by atoms with Gasteiger partial charge in [0.2, 0.25) is 5.91 Å². The SMILES string of the molecule is CCC(=O)NCc1cc(/C(C=N)=C/[NH2+]c2c(Cl)cc(C(F)(C(F)(F)F)C(F)(F)F)cc2S(C)(=O)=O)ccc1F. The lowest BCUT2D eigenvalue weighted by Gasteiger charge is -2.30. The molecule has 0 aliphatic carbocycles. The van der Waals surface area contributed by atoms with Gasteiger partial charge in [-0.3, -0.25) is 10.1 Å². The van der Waals surface area contributed by atoms with Crippen molar-refractivity contribution in [1.82, 2.24) is 5.32 Å². The Morgan fingerprint density at radius 2 is 1.67 bits per heavy atom. The van der Waals surface area contributed by atoms with Gasteiger partial charge >= 0.3 is 18.0 Å². The van der Waals surface area contributed by atoms with Crippen LogP contribution in [0.2, 0.25) is 5.02 Å². The zero-order chi connectivity index (χ0) is 30.0. The number of carbonyl (C=O) groups excluding carboxylic acids is 1. The van der Waals surface area contributed by atoms with Gasteiger partial charge in [0, 0.05) is 36.6 Å². The molecule has 0 saturated heterocycles. The van der Waals surface area contributed by atoms with E-state index in [0.29, 0.717) is 6.26 Å². The minimum atomic E-state index is -6.50. The van der Waals surface area contributed by atoms with Crippen molar-refractivity contribution in [1.29, 1.82) is 5.41 Å². The van der Waals surface area contributed by atoms with Crippen LogP contribution >= 0.6 is 11.6 Å². The molecule has 0 unspecified atom stereocenters. The van der Waals surface area contributed by atoms with E-state index in [0.717, 1.165) is 23.8 Å². The van der Waals surface area contributed by atoms with E-state index < -0.39 is 54.8 Å². The van der Waals surface area contributed by atoms with Crippen LogP contribution in [0.15, 0.2) is 41.4 Å². The van der Waals surface area contributed by atoms with Gasteiger partial charge in [-0.25, -0.2) is 17.2 Å². The standard InChI is InChI=1S/C23H20ClF8N3O3S/c1-3-19(36)34-10-13-6-12(4-5-17(13)25)14(9-33)11-35-20-16(24)7-15(8-18(20)39(2,37)38)21(26,22(27,28)29)23(30,31)32/h4-9,11,33,35H,3,10H2,1-2H3,(H,34,36)/p+1/b14-11+,33-9?. The number of amides is 1. The Hall–Kier alpha value is -3.04. The van der Waals surface area contributed by atoms with Gasteiger partial charge in [-0.1, -0.05) is 24.6 Å². The van der Waals surface area contributed by atoms with Gasteiger partial charge in [0.05, 0.1) is 5.57 Å². The van der Waals surface area contributed by atoms with Crippen molar-refractivity contribution in [3.63, 3.8) is 0 Å². The average molecular weight is 607 g/mol. The monoisotopic (exact) mass is 606 g/mol. The molecule has 0 atom stereocenters. The minimum Gasteiger partial charge on any atom is -0.352 e. The molecule has 1 amide bonds. The number of halogens is 9. The summed E-state index contributed by atoms with van der Waals surface area (Å²) >= 11 is 5.88. The molecule has 0 aliphatic heterocycles. The lowest BCUT2D eigenvalue weighted by atomic mass is 9.94. The number of allylic oxidation sites excluding steroid dienone is 1. The molecule has 2 rings (SSSR count). The van der Waals surface area contributed by atoms with Gasteiger partial charge < -0.3 is 10.7 Å². The summed E-state index contributed by atoms with van der Waals surface area (Å²) in [4.78, 5) is 10.3. The van der Waals surface area contributed by atoms with E-state index in [9.17, 15) is 48.3 Å². The average Bonchev–Trinajstić information content (AvgIpc) is 2.81. The van der Waals surface area contributed by atoms with Crippen molar-refractivity contribution in [2.24, 2.45) is 0 Å². The number of nitrogens with one attached hydrogen (secondary N) is 2. The highest BCUT2D eigenvalue weighted by molar-refractivity contribution is 7.90. The molecule has 0 heterocycles. The molecule has 0 saturated carbocycles. The number of rotatable bonds is 9. The second-order valence-electron chi connectivity index (χ2n) is 8.17. The number of carbonyl (C=O) groups is 1. The highest BCUT2D eigenvalue weighted by Gasteiger charge is 2.73. The van der Waals surface area contributed by atoms with Crippen molar-refractivity contribution in [2.45, 2.75) is 42.8 Å². The molecular weight excluding hydrogens is 586 g/mol. The predicted octanol–water partition coefficient (Wildman–Crippen LogP) is 5.08. The molecule has 0 aromatic heterocycles. The van der Waals surface area contributed by atoms with Gasteiger partial charge in [0.1, 0.15) is 21.9 Å². The van der Waals surface area contributed by atoms with Crippen LogP contribution in [0, 0.1) is 11.2 Å². The summed E-state index contributed by atoms with van der Waals surface area (Å²) in [7, 11) is -4.57. The van der Waals surface area contributed by atoms with Crippen molar-refractivity contribution in [3.05, 3.63) is 64.1 Å². The first-order valence-electron chi connectivity index (χ1n) is 10.7. The molecule has 0 fully saturated rings. The third-order valence-electron chi connectivity index (χ3n) is 5.43. The second-order valence-corrected chi connectivity index (χ2v) is 10.6. The van der Waals surface area contributed by atoms with E-state index in [-0.39, 0.29) is 47.7 Å². The molecule has 4 N–H and O–H groups in total. The third kappa shape index (κ3) is 6.94. The number of alkyl halides is 7. The lowest BCUT2D eigenvalue weighted by molar-refractivity contribution is -0.497. The fourth-order valence-corrected chi connectivity index (χ4v) is 4.61. The normalized spacial score (nSPS) is 13.4. The van der Waals surface area contributed by atoms with Gasteiger partial charge in [-0.2, -0.15) is 26.3 Å². The highest BCUT2D eigenvalue weighted by atomic mass is 35.5. The summed E-state index contributed by atoms with van der Waals surface area (Å²) in [5.41, 5.74) is -8.38. The first-order valence-corrected chi connectivity index (χ1v) is 13.0. The molecule has 0 aliphatic rings. The molecule has 2 aromatic carbocycles. The van der Waals surface area contributed by atoms with Gasteiger partial charge in [0.15, 0.2) is 15.5 Å². The maximum absolute atomic E-state index is 14.6. The minimum absolute atomic E-state index is 0.0110. The van der Waals surface area contributed by atoms with Crippen LogP contribution in [-0.4, -0.2) is 39.1 Å². The summed E-state index contributed by atoms with van der Waals surface area (Å²) in [5.74, 6) is -1.05. The van der Waals surface area contributed by atoms with Crippen LogP contribution < -0.4 is 10.6 Å². The summed E-state index contributed by atoms with van der Waals surface area (Å²) in [5, 5.41) is 10.0. The molecule has 16 heteroatoms. The van der Waals surface area contributed by atoms with Crippen molar-refractivity contribution < 1.29 is 53.7 Å². The Kier molecular flexibility index (Phi) is 9.57. The summed E-state index contributed by atoms with van der Waals surface area (Å²) in [6.07, 6.45) is -10.6. The largest absolute Gasteiger partial charge is 0.435 e. The van der Waals surface area contributed by atoms with Crippen molar-refractivity contribution in [3.8, 4) is 0 Å². The van der Waals surface area contributed by atoms with Gasteiger partial charge in [-0.15, -0.1) is 0 Å². The maximum atomic E-state index is 14.6. The molecule has 2 aromatic rings. The van der Waals surface area contributed by atoms with Gasteiger partial charge in [0.25, 0.3) is 0 Å². The van der Waals surface area contributed by atoms with Crippen LogP contribution in [0.25, 0.3) is 5.57 Å². The molecule has 214 valence electrons. The first-order chi connectivity index (χ1) is 17.8. The maximum Gasteiger partial charge on any atom is 0.435 e. The van der Waals surface area contributed by atoms with Crippen LogP contribution in [0.5, 0.6) is 0 Å². The number of hydrogen-bond donors (Lipinski definition) is 3. The highest BCUT2D eigenvalue weighted by Crippen LogP contribution is 2.54. The fraction of sp³-hybridized carbons (Fsp3) is 0.304. The quantitative estimate of drug-likeness (QED) is 0.211. The molecule has 6 nitrogen and oxygen atoms in total. The third-order valence-corrected chi connectivity index (χ3v) is 6.88. The van der Waals surface area contributed by atoms with Crippen molar-refractivity contribution in [2.75, 3.05) is 6.26 Å². The number of quaternary nitrogens is 1. The van der Waals surface area contributed by atoms with Gasteiger partial charge in [-0.05, 0) is 29.8 Å². The van der Waals surface area contributed by atoms with E-state index in [1.54, 1.807) is 6.92 Å². The van der Waals surface area contributed by atoms with E-state index in [1.165, 1.54) is 12.1 Å². The fourth-order valence-electron chi connectivity index (χ4n) is 3.36. The summed E-state index contributed by atoms with van der Waals surface area (Å²) in [6.45, 7) is 1.38. The molecule has 0 bridgehead atoms. The van der Waals surface area contributed by atoms with Crippen LogP contribution in [0.3, 0.4) is 0 Å². The number of hydrogen-bond acceptors (Lipinski definition) is 4. The lowest BCUT2D eigenvalue weighted by Crippen LogP contribution is -2.72. The Balaban J connectivity index is 2.63. The summed E-state index contributed by atoms with van der Waals surface area (Å²) in [6, 6.07) is 3.45. The smallest absolute Gasteiger partial charge is 0.352 e. The number of sulfone groups is 1. The number of nitrogens with two attached hydrogens (primary N) is 1. The Morgan fingerprint density at radius 1 is 1.08 bits per heavy atom. The van der Waals surface area contributed by atoms with Crippen LogP contribution in [-0.2, 0) is 26.8 Å². The zero-order valence-electron chi connectivity index (χ0n) is 20.1. The molecule has 0 spiro atoms. The summed E-state index contributed by atoms with van der Waals surface area (Å²) < 4.78 is 133. The van der Waals surface area contributed by atoms with Crippen molar-refractivity contribution >= 4 is 44.8 Å². The van der Waals surface area contributed by atoms with E-state index in [2.05, 4.69) is 5.32 Å². The predicted molar refractivity (Wildman–Crippen MR) is 126 cm³/mol. The molecular formula is C23H21ClF8N3O3S+. The topological polar surface area (TPSA) is 104 Å². The Bertz CT molecular complexity index is 1390. The van der Waals surface area contributed by atoms with Crippen LogP contribution in [0.4, 0.5) is 40.8 Å². The number of benzene rings is 2. The molecule has 0 radical (unpaired) electrons. The first kappa shape index (κ1) is 32.2. The van der Waals surface area contributed by atoms with E-state index in [4.69, 9.17) is 17.0 Å².